The molecule has 1 atom stereocenters. The topological polar surface area (TPSA) is 37.3 Å². The van der Waals surface area contributed by atoms with E-state index in [1.54, 1.807) is 0 Å². The number of carboxylic acid groups (broad SMARTS) is 1. The summed E-state index contributed by atoms with van der Waals surface area (Å²) in [5.74, 6) is -3.12. The highest BCUT2D eigenvalue weighted by atomic mass is 35.5. The lowest BCUT2D eigenvalue weighted by Crippen LogP contribution is -2.18. The minimum Gasteiger partial charge on any atom is -0.478 e. The summed E-state index contributed by atoms with van der Waals surface area (Å²) >= 11 is 17.3. The third kappa shape index (κ3) is 4.91. The van der Waals surface area contributed by atoms with Crippen molar-refractivity contribution in [1.29, 1.82) is 0 Å². The SMILES string of the molecule is O=C(O)c1ccc(C=CC(c2ccc(Cl)c(Cl)c2)C(F)(F)F)cc1Cl. The van der Waals surface area contributed by atoms with E-state index in [0.29, 0.717) is 5.56 Å². The van der Waals surface area contributed by atoms with Crippen LogP contribution in [0.5, 0.6) is 0 Å². The molecule has 8 heteroatoms. The fourth-order valence-electron chi connectivity index (χ4n) is 2.13. The van der Waals surface area contributed by atoms with Crippen molar-refractivity contribution >= 4 is 46.8 Å². The van der Waals surface area contributed by atoms with Crippen LogP contribution in [0.4, 0.5) is 13.2 Å². The lowest BCUT2D eigenvalue weighted by molar-refractivity contribution is -0.139. The van der Waals surface area contributed by atoms with Gasteiger partial charge in [0, 0.05) is 0 Å². The summed E-state index contributed by atoms with van der Waals surface area (Å²) in [6.07, 6.45) is -2.37. The molecule has 0 saturated heterocycles. The van der Waals surface area contributed by atoms with Gasteiger partial charge in [-0.1, -0.05) is 59.1 Å². The number of carboxylic acids is 1. The summed E-state index contributed by atoms with van der Waals surface area (Å²) in [6.45, 7) is 0. The standard InChI is InChI=1S/C17H10Cl3F3O2/c18-13-6-3-10(8-15(13)20)12(17(21,22)23)5-2-9-1-4-11(16(24)25)14(19)7-9/h1-8,12H,(H,24,25). The van der Waals surface area contributed by atoms with Gasteiger partial charge in [0.15, 0.2) is 0 Å². The maximum Gasteiger partial charge on any atom is 0.399 e. The molecule has 132 valence electrons. The summed E-state index contributed by atoms with van der Waals surface area (Å²) in [5, 5.41) is 9.02. The van der Waals surface area contributed by atoms with E-state index in [2.05, 4.69) is 0 Å². The first-order valence-corrected chi connectivity index (χ1v) is 7.95. The van der Waals surface area contributed by atoms with Gasteiger partial charge in [0.05, 0.1) is 26.5 Å². The van der Waals surface area contributed by atoms with Gasteiger partial charge in [-0.2, -0.15) is 13.2 Å². The fourth-order valence-corrected chi connectivity index (χ4v) is 2.71. The zero-order valence-corrected chi connectivity index (χ0v) is 14.6. The molecule has 0 aliphatic heterocycles. The van der Waals surface area contributed by atoms with E-state index in [-0.39, 0.29) is 26.2 Å². The van der Waals surface area contributed by atoms with Crippen molar-refractivity contribution < 1.29 is 23.1 Å². The lowest BCUT2D eigenvalue weighted by atomic mass is 9.97. The van der Waals surface area contributed by atoms with Gasteiger partial charge in [0.25, 0.3) is 0 Å². The normalized spacial score (nSPS) is 13.2. The Bertz CT molecular complexity index is 832. The number of aromatic carboxylic acids is 1. The second kappa shape index (κ2) is 7.68. The Morgan fingerprint density at radius 1 is 1.00 bits per heavy atom. The van der Waals surface area contributed by atoms with Crippen molar-refractivity contribution in [3.05, 3.63) is 74.2 Å². The molecule has 0 amide bonds. The van der Waals surface area contributed by atoms with E-state index < -0.39 is 18.1 Å². The Kier molecular flexibility index (Phi) is 6.03. The lowest BCUT2D eigenvalue weighted by Gasteiger charge is -2.18. The molecule has 0 radical (unpaired) electrons. The smallest absolute Gasteiger partial charge is 0.399 e. The predicted molar refractivity (Wildman–Crippen MR) is 92.7 cm³/mol. The van der Waals surface area contributed by atoms with Gasteiger partial charge in [-0.05, 0) is 35.4 Å². The van der Waals surface area contributed by atoms with Gasteiger partial charge in [0.1, 0.15) is 0 Å². The van der Waals surface area contributed by atoms with Crippen LogP contribution in [0.25, 0.3) is 6.08 Å². The van der Waals surface area contributed by atoms with Crippen molar-refractivity contribution in [2.45, 2.75) is 12.1 Å². The molecule has 0 heterocycles. The molecule has 0 spiro atoms. The van der Waals surface area contributed by atoms with Crippen LogP contribution in [0.3, 0.4) is 0 Å². The van der Waals surface area contributed by atoms with Crippen molar-refractivity contribution in [2.75, 3.05) is 0 Å². The van der Waals surface area contributed by atoms with Crippen LogP contribution in [0.2, 0.25) is 15.1 Å². The zero-order chi connectivity index (χ0) is 18.8. The maximum absolute atomic E-state index is 13.4. The highest BCUT2D eigenvalue weighted by Crippen LogP contribution is 2.38. The van der Waals surface area contributed by atoms with Gasteiger partial charge < -0.3 is 5.11 Å². The molecule has 0 aromatic heterocycles. The first kappa shape index (κ1) is 19.6. The Morgan fingerprint density at radius 3 is 2.20 bits per heavy atom. The van der Waals surface area contributed by atoms with E-state index in [1.165, 1.54) is 36.4 Å². The van der Waals surface area contributed by atoms with E-state index >= 15 is 0 Å². The van der Waals surface area contributed by atoms with Crippen molar-refractivity contribution in [3.8, 4) is 0 Å². The number of rotatable bonds is 4. The summed E-state index contributed by atoms with van der Waals surface area (Å²) in [6, 6.07) is 7.58. The molecule has 2 rings (SSSR count). The maximum atomic E-state index is 13.4. The van der Waals surface area contributed by atoms with Crippen LogP contribution in [-0.4, -0.2) is 17.3 Å². The summed E-state index contributed by atoms with van der Waals surface area (Å²) in [4.78, 5) is 10.9. The van der Waals surface area contributed by atoms with Gasteiger partial charge >= 0.3 is 12.1 Å². The number of hydrogen-bond acceptors (Lipinski definition) is 1. The second-order valence-corrected chi connectivity index (χ2v) is 6.32. The van der Waals surface area contributed by atoms with E-state index in [4.69, 9.17) is 39.9 Å². The fraction of sp³-hybridized carbons (Fsp3) is 0.118. The minimum absolute atomic E-state index is 0.0238. The summed E-state index contributed by atoms with van der Waals surface area (Å²) in [5.41, 5.74) is 0.145. The number of allylic oxidation sites excluding steroid dienone is 1. The molecule has 2 aromatic carbocycles. The van der Waals surface area contributed by atoms with Gasteiger partial charge in [-0.3, -0.25) is 0 Å². The number of alkyl halides is 3. The molecular formula is C17H10Cl3F3O2. The van der Waals surface area contributed by atoms with Crippen molar-refractivity contribution in [3.63, 3.8) is 0 Å². The predicted octanol–water partition coefficient (Wildman–Crippen LogP) is 6.70. The molecule has 25 heavy (non-hydrogen) atoms. The van der Waals surface area contributed by atoms with E-state index in [9.17, 15) is 18.0 Å². The number of carbonyl (C=O) groups is 1. The Morgan fingerprint density at radius 2 is 1.68 bits per heavy atom. The van der Waals surface area contributed by atoms with Gasteiger partial charge in [0.2, 0.25) is 0 Å². The summed E-state index contributed by atoms with van der Waals surface area (Å²) < 4.78 is 40.1. The quantitative estimate of drug-likeness (QED) is 0.610. The number of benzene rings is 2. The van der Waals surface area contributed by atoms with Crippen LogP contribution in [-0.2, 0) is 0 Å². The summed E-state index contributed by atoms with van der Waals surface area (Å²) in [7, 11) is 0. The number of hydrogen-bond donors (Lipinski definition) is 1. The van der Waals surface area contributed by atoms with Crippen LogP contribution in [0.15, 0.2) is 42.5 Å². The monoisotopic (exact) mass is 408 g/mol. The van der Waals surface area contributed by atoms with Crippen LogP contribution in [0.1, 0.15) is 27.4 Å². The molecule has 2 aromatic rings. The zero-order valence-electron chi connectivity index (χ0n) is 12.3. The first-order valence-electron chi connectivity index (χ1n) is 6.82. The average molecular weight is 410 g/mol. The van der Waals surface area contributed by atoms with Crippen LogP contribution < -0.4 is 0 Å². The highest BCUT2D eigenvalue weighted by molar-refractivity contribution is 6.42. The second-order valence-electron chi connectivity index (χ2n) is 5.10. The minimum atomic E-state index is -4.54. The van der Waals surface area contributed by atoms with Crippen LogP contribution in [0, 0.1) is 0 Å². The molecule has 2 nitrogen and oxygen atoms in total. The molecule has 0 bridgehead atoms. The first-order chi connectivity index (χ1) is 11.6. The molecule has 1 N–H and O–H groups in total. The molecule has 0 saturated carbocycles. The van der Waals surface area contributed by atoms with Crippen LogP contribution >= 0.6 is 34.8 Å². The number of halogens is 6. The Labute approximate surface area is 156 Å². The molecule has 1 unspecified atom stereocenters. The van der Waals surface area contributed by atoms with Gasteiger partial charge in [-0.15, -0.1) is 0 Å². The molecule has 0 fully saturated rings. The highest BCUT2D eigenvalue weighted by Gasteiger charge is 2.39. The van der Waals surface area contributed by atoms with Gasteiger partial charge in [-0.25, -0.2) is 4.79 Å². The van der Waals surface area contributed by atoms with Crippen molar-refractivity contribution in [2.24, 2.45) is 0 Å². The Hall–Kier alpha value is -1.69. The molecule has 0 aliphatic rings. The molecular weight excluding hydrogens is 400 g/mol. The van der Waals surface area contributed by atoms with E-state index in [0.717, 1.165) is 12.1 Å². The largest absolute Gasteiger partial charge is 0.478 e. The Balaban J connectivity index is 2.37. The average Bonchev–Trinajstić information content (AvgIpc) is 2.49. The third-order valence-corrected chi connectivity index (χ3v) is 4.41. The van der Waals surface area contributed by atoms with Crippen molar-refractivity contribution in [1.82, 2.24) is 0 Å². The molecule has 0 aliphatic carbocycles. The van der Waals surface area contributed by atoms with E-state index in [1.807, 2.05) is 0 Å². The third-order valence-electron chi connectivity index (χ3n) is 3.36.